The molecule has 2 fully saturated rings. The Hall–Kier alpha value is -3.97. The minimum Gasteiger partial charge on any atom is -0.377 e. The maximum Gasteiger partial charge on any atom is 0.283 e. The number of carbonyl (C=O) groups is 1. The highest BCUT2D eigenvalue weighted by molar-refractivity contribution is 7.82. The maximum atomic E-state index is 13.8. The summed E-state index contributed by atoms with van der Waals surface area (Å²) in [5.41, 5.74) is 2.93. The molecule has 1 aromatic carbocycles. The van der Waals surface area contributed by atoms with Crippen molar-refractivity contribution in [2.75, 3.05) is 47.6 Å². The Morgan fingerprint density at radius 2 is 1.78 bits per heavy atom. The molecule has 238 valence electrons. The number of nitrogens with zero attached hydrogens (tertiary/aromatic N) is 7. The SMILES string of the molecule is Cc1cc(C(C)Nc2ccc(Cl)nc2C(=O)NS(C)=O)c2nc(N3CCC4(CCN(c5ccn(C)n5)C4)CC3)n(C)c(=O)c2c1. The summed E-state index contributed by atoms with van der Waals surface area (Å²) in [7, 11) is 2.16. The molecule has 2 unspecified atom stereocenters. The van der Waals surface area contributed by atoms with Crippen molar-refractivity contribution in [3.8, 4) is 0 Å². The second-order valence-electron chi connectivity index (χ2n) is 12.3. The van der Waals surface area contributed by atoms with Gasteiger partial charge in [0.15, 0.2) is 11.5 Å². The molecule has 2 saturated heterocycles. The van der Waals surface area contributed by atoms with Crippen molar-refractivity contribution in [3.63, 3.8) is 0 Å². The third kappa shape index (κ3) is 6.15. The molecule has 4 aromatic rings. The zero-order valence-electron chi connectivity index (χ0n) is 26.1. The minimum atomic E-state index is -1.57. The number of anilines is 3. The molecular weight excluding hydrogens is 614 g/mol. The maximum absolute atomic E-state index is 13.8. The van der Waals surface area contributed by atoms with Crippen LogP contribution in [-0.4, -0.2) is 66.9 Å². The molecule has 45 heavy (non-hydrogen) atoms. The summed E-state index contributed by atoms with van der Waals surface area (Å²) in [5.74, 6) is 1.07. The van der Waals surface area contributed by atoms with Crippen molar-refractivity contribution < 1.29 is 9.00 Å². The van der Waals surface area contributed by atoms with Crippen LogP contribution in [0.4, 0.5) is 17.5 Å². The normalized spacial score (nSPS) is 17.6. The fraction of sp³-hybridized carbons (Fsp3) is 0.452. The van der Waals surface area contributed by atoms with Gasteiger partial charge in [-0.2, -0.15) is 5.10 Å². The molecule has 14 heteroatoms. The number of amides is 1. The van der Waals surface area contributed by atoms with Gasteiger partial charge in [0, 0.05) is 64.4 Å². The summed E-state index contributed by atoms with van der Waals surface area (Å²) in [6, 6.07) is 8.85. The predicted molar refractivity (Wildman–Crippen MR) is 178 cm³/mol. The third-order valence-corrected chi connectivity index (χ3v) is 9.73. The van der Waals surface area contributed by atoms with Gasteiger partial charge in [-0.15, -0.1) is 0 Å². The Labute approximate surface area is 269 Å². The average molecular weight is 652 g/mol. The van der Waals surface area contributed by atoms with Crippen LogP contribution in [0.15, 0.2) is 41.3 Å². The molecule has 0 bridgehead atoms. The fourth-order valence-electron chi connectivity index (χ4n) is 6.66. The first kappa shape index (κ1) is 31.0. The van der Waals surface area contributed by atoms with Gasteiger partial charge in [0.05, 0.1) is 22.6 Å². The number of rotatable bonds is 7. The molecule has 0 saturated carbocycles. The number of carbonyl (C=O) groups excluding carboxylic acids is 1. The average Bonchev–Trinajstić information content (AvgIpc) is 3.62. The summed E-state index contributed by atoms with van der Waals surface area (Å²) in [5, 5.41) is 8.64. The highest BCUT2D eigenvalue weighted by Crippen LogP contribution is 2.42. The largest absolute Gasteiger partial charge is 0.377 e. The van der Waals surface area contributed by atoms with Crippen molar-refractivity contribution >= 4 is 56.9 Å². The van der Waals surface area contributed by atoms with Crippen molar-refractivity contribution in [1.82, 2.24) is 29.0 Å². The number of hydrogen-bond acceptors (Lipinski definition) is 9. The predicted octanol–water partition coefficient (Wildman–Crippen LogP) is 3.72. The minimum absolute atomic E-state index is 0.0295. The molecule has 6 rings (SSSR count). The number of aryl methyl sites for hydroxylation is 2. The monoisotopic (exact) mass is 651 g/mol. The van der Waals surface area contributed by atoms with Gasteiger partial charge in [-0.05, 0) is 62.3 Å². The Morgan fingerprint density at radius 3 is 2.44 bits per heavy atom. The Bertz CT molecular complexity index is 1870. The van der Waals surface area contributed by atoms with Gasteiger partial charge in [-0.3, -0.25) is 23.6 Å². The molecule has 5 heterocycles. The van der Waals surface area contributed by atoms with Gasteiger partial charge >= 0.3 is 0 Å². The first-order valence-corrected chi connectivity index (χ1v) is 16.9. The van der Waals surface area contributed by atoms with Crippen molar-refractivity contribution in [2.45, 2.75) is 39.2 Å². The van der Waals surface area contributed by atoms with Crippen LogP contribution in [0.25, 0.3) is 10.9 Å². The zero-order chi connectivity index (χ0) is 32.0. The van der Waals surface area contributed by atoms with Gasteiger partial charge in [-0.1, -0.05) is 17.7 Å². The van der Waals surface area contributed by atoms with E-state index in [-0.39, 0.29) is 27.9 Å². The number of benzene rings is 1. The molecule has 2 N–H and O–H groups in total. The van der Waals surface area contributed by atoms with E-state index in [0.717, 1.165) is 62.4 Å². The number of halogens is 1. The van der Waals surface area contributed by atoms with E-state index < -0.39 is 16.9 Å². The van der Waals surface area contributed by atoms with E-state index in [1.807, 2.05) is 43.9 Å². The summed E-state index contributed by atoms with van der Waals surface area (Å²) < 4.78 is 17.5. The lowest BCUT2D eigenvalue weighted by Crippen LogP contribution is -2.44. The van der Waals surface area contributed by atoms with Gasteiger partial charge in [0.1, 0.15) is 16.1 Å². The first-order chi connectivity index (χ1) is 21.4. The molecule has 12 nitrogen and oxygen atoms in total. The number of piperidine rings is 1. The van der Waals surface area contributed by atoms with E-state index in [0.29, 0.717) is 22.5 Å². The van der Waals surface area contributed by atoms with Crippen LogP contribution in [0.2, 0.25) is 5.15 Å². The summed E-state index contributed by atoms with van der Waals surface area (Å²) >= 11 is 6.10. The Morgan fingerprint density at radius 1 is 1.07 bits per heavy atom. The molecule has 0 aliphatic carbocycles. The third-order valence-electron chi connectivity index (χ3n) is 9.05. The first-order valence-electron chi connectivity index (χ1n) is 15.0. The second-order valence-corrected chi connectivity index (χ2v) is 13.8. The van der Waals surface area contributed by atoms with E-state index >= 15 is 0 Å². The van der Waals surface area contributed by atoms with E-state index in [9.17, 15) is 13.8 Å². The van der Waals surface area contributed by atoms with Crippen LogP contribution in [0.3, 0.4) is 0 Å². The smallest absolute Gasteiger partial charge is 0.283 e. The summed E-state index contributed by atoms with van der Waals surface area (Å²) in [4.78, 5) is 40.4. The standard InChI is InChI=1S/C31H38ClN9O3S/c1-19-16-21(20(2)33-23-6-7-24(32)34-27(23)28(42)37-45(5)44)26-22(17-19)29(43)39(4)30(35-26)40-13-9-31(10-14-40)11-15-41(18-31)25-8-12-38(3)36-25/h6-8,12,16-17,20,33H,9-11,13-15,18H2,1-5H3,(H,37,42). The van der Waals surface area contributed by atoms with E-state index in [2.05, 4.69) is 36.0 Å². The lowest BCUT2D eigenvalue weighted by Gasteiger charge is -2.40. The molecule has 2 aliphatic rings. The van der Waals surface area contributed by atoms with E-state index in [4.69, 9.17) is 16.6 Å². The quantitative estimate of drug-likeness (QED) is 0.287. The van der Waals surface area contributed by atoms with Crippen LogP contribution in [0.5, 0.6) is 0 Å². The number of aromatic nitrogens is 5. The molecule has 2 aliphatic heterocycles. The van der Waals surface area contributed by atoms with Crippen molar-refractivity contribution in [2.24, 2.45) is 19.5 Å². The number of hydrogen-bond donors (Lipinski definition) is 2. The van der Waals surface area contributed by atoms with Crippen molar-refractivity contribution in [3.05, 3.63) is 68.9 Å². The number of fused-ring (bicyclic) bond motifs is 1. The highest BCUT2D eigenvalue weighted by Gasteiger charge is 2.41. The second kappa shape index (κ2) is 12.1. The molecular formula is C31H38ClN9O3S. The molecule has 1 spiro atoms. The van der Waals surface area contributed by atoms with Gasteiger partial charge in [0.25, 0.3) is 11.5 Å². The van der Waals surface area contributed by atoms with Gasteiger partial charge in [-0.25, -0.2) is 14.2 Å². The van der Waals surface area contributed by atoms with E-state index in [1.165, 1.54) is 6.26 Å². The zero-order valence-corrected chi connectivity index (χ0v) is 27.7. The topological polar surface area (TPSA) is 130 Å². The summed E-state index contributed by atoms with van der Waals surface area (Å²) in [6.45, 7) is 7.50. The van der Waals surface area contributed by atoms with Crippen molar-refractivity contribution in [1.29, 1.82) is 0 Å². The highest BCUT2D eigenvalue weighted by atomic mass is 35.5. The van der Waals surface area contributed by atoms with E-state index in [1.54, 1.807) is 23.7 Å². The molecule has 0 radical (unpaired) electrons. The Kier molecular flexibility index (Phi) is 8.33. The Balaban J connectivity index is 1.28. The number of pyridine rings is 1. The summed E-state index contributed by atoms with van der Waals surface area (Å²) in [6.07, 6.45) is 6.51. The van der Waals surface area contributed by atoms with Crippen LogP contribution in [0, 0.1) is 12.3 Å². The lowest BCUT2D eigenvalue weighted by atomic mass is 9.78. The van der Waals surface area contributed by atoms with Crippen LogP contribution in [0.1, 0.15) is 53.8 Å². The van der Waals surface area contributed by atoms with Gasteiger partial charge in [0.2, 0.25) is 5.95 Å². The van der Waals surface area contributed by atoms with Gasteiger partial charge < -0.3 is 15.1 Å². The fourth-order valence-corrected chi connectivity index (χ4v) is 7.17. The van der Waals surface area contributed by atoms with Crippen LogP contribution < -0.4 is 25.4 Å². The molecule has 2 atom stereocenters. The molecule has 3 aromatic heterocycles. The van der Waals surface area contributed by atoms with Crippen LogP contribution >= 0.6 is 11.6 Å². The van der Waals surface area contributed by atoms with Crippen LogP contribution in [-0.2, 0) is 25.1 Å². The molecule has 1 amide bonds. The number of nitrogens with one attached hydrogen (secondary N) is 2. The lowest BCUT2D eigenvalue weighted by molar-refractivity contribution is 0.0979.